The first kappa shape index (κ1) is 26.7. The molecule has 0 fully saturated rings. The maximum absolute atomic E-state index is 6.20. The summed E-state index contributed by atoms with van der Waals surface area (Å²) in [4.78, 5) is 0. The van der Waals surface area contributed by atoms with Gasteiger partial charge in [0, 0.05) is 0 Å². The molecule has 0 heterocycles. The zero-order chi connectivity index (χ0) is 20.6. The molecule has 0 amide bonds. The van der Waals surface area contributed by atoms with Gasteiger partial charge in [-0.2, -0.15) is 0 Å². The minimum absolute atomic E-state index is 0. The molecule has 0 aliphatic heterocycles. The summed E-state index contributed by atoms with van der Waals surface area (Å²) in [6.45, 7) is 12.3. The zero-order valence-corrected chi connectivity index (χ0v) is 24.0. The molecule has 0 N–H and O–H groups in total. The molecule has 0 aromatic heterocycles. The summed E-state index contributed by atoms with van der Waals surface area (Å²) in [6, 6.07) is 18.1. The summed E-state index contributed by atoms with van der Waals surface area (Å²) in [6.07, 6.45) is 8.53. The Labute approximate surface area is 212 Å². The molecule has 0 spiro atoms. The average molecular weight is 550 g/mol. The average Bonchev–Trinajstić information content (AvgIpc) is 3.21. The maximum Gasteiger partial charge on any atom is -1.00 e. The van der Waals surface area contributed by atoms with E-state index in [1.807, 2.05) is 0 Å². The van der Waals surface area contributed by atoms with Gasteiger partial charge in [-0.1, -0.05) is 0 Å². The van der Waals surface area contributed by atoms with Crippen LogP contribution < -0.4 is 24.8 Å². The third kappa shape index (κ3) is 5.50. The number of hydrogen-bond acceptors (Lipinski definition) is 1. The molecule has 2 aromatic rings. The number of fused-ring (bicyclic) bond motifs is 2. The smallest absolute Gasteiger partial charge is 1.00 e. The summed E-state index contributed by atoms with van der Waals surface area (Å²) >= 11 is -0.811. The van der Waals surface area contributed by atoms with E-state index in [1.165, 1.54) is 22.3 Å². The quantitative estimate of drug-likeness (QED) is 0.481. The summed E-state index contributed by atoms with van der Waals surface area (Å²) in [5, 5.41) is 0. The summed E-state index contributed by atoms with van der Waals surface area (Å²) in [5.41, 5.74) is 7.40. The second-order valence-corrected chi connectivity index (χ2v) is 19.0. The Hall–Kier alpha value is -0.570. The van der Waals surface area contributed by atoms with Gasteiger partial charge in [0.2, 0.25) is 0 Å². The van der Waals surface area contributed by atoms with Gasteiger partial charge in [0.15, 0.2) is 0 Å². The maximum atomic E-state index is 6.20. The van der Waals surface area contributed by atoms with Crippen molar-refractivity contribution in [3.05, 3.63) is 82.9 Å². The van der Waals surface area contributed by atoms with Crippen molar-refractivity contribution in [2.75, 3.05) is 6.61 Å². The Morgan fingerprint density at radius 1 is 1.00 bits per heavy atom. The van der Waals surface area contributed by atoms with Gasteiger partial charge in [-0.05, 0) is 0 Å². The van der Waals surface area contributed by atoms with E-state index in [9.17, 15) is 0 Å². The van der Waals surface area contributed by atoms with Crippen LogP contribution in [0.4, 0.5) is 0 Å². The molecule has 2 aromatic carbocycles. The molecule has 2 aliphatic rings. The topological polar surface area (TPSA) is 9.23 Å². The van der Waals surface area contributed by atoms with Gasteiger partial charge < -0.3 is 24.8 Å². The molecule has 0 saturated carbocycles. The van der Waals surface area contributed by atoms with E-state index < -0.39 is 31.1 Å². The minimum atomic E-state index is -1.48. The standard InChI is InChI=1S/C23H25OSi.C3H6.2ClH.Zr/c1-25(2,3)24-15-14-18-16-23(21-11-7-6-10-20(18)21)22-13-12-17-8-4-5-9-19(17)22;1-3-2;;;/h4-13,16,23H,14-15H2,1-3H3;1-2H3;2*1H;/q;;;;+2/p-2. The normalized spacial score (nSPS) is 20.7. The number of halogens is 2. The first-order valence-corrected chi connectivity index (χ1v) is 16.5. The number of benzene rings is 2. The van der Waals surface area contributed by atoms with Crippen LogP contribution in [0.1, 0.15) is 48.4 Å². The Kier molecular flexibility index (Phi) is 9.10. The second-order valence-electron chi connectivity index (χ2n) is 9.38. The van der Waals surface area contributed by atoms with Gasteiger partial charge in [0.05, 0.1) is 0 Å². The molecule has 1 nitrogen and oxygen atoms in total. The Balaban J connectivity index is 0.00000171. The van der Waals surface area contributed by atoms with E-state index in [1.54, 1.807) is 8.77 Å². The molecular formula is C26H31Cl2OSiZr. The van der Waals surface area contributed by atoms with Crippen LogP contribution in [0.3, 0.4) is 0 Å². The van der Waals surface area contributed by atoms with Crippen LogP contribution in [-0.4, -0.2) is 18.1 Å². The number of allylic oxidation sites excluding steroid dienone is 2. The molecule has 0 saturated heterocycles. The fourth-order valence-electron chi connectivity index (χ4n) is 4.70. The van der Waals surface area contributed by atoms with Gasteiger partial charge in [-0.15, -0.1) is 0 Å². The van der Waals surface area contributed by atoms with Crippen molar-refractivity contribution < 1.29 is 52.0 Å². The van der Waals surface area contributed by atoms with Crippen LogP contribution in [0.2, 0.25) is 19.6 Å². The molecular weight excluding hydrogens is 519 g/mol. The predicted molar refractivity (Wildman–Crippen MR) is 125 cm³/mol. The first-order valence-electron chi connectivity index (χ1n) is 10.6. The molecule has 0 radical (unpaired) electrons. The molecule has 31 heavy (non-hydrogen) atoms. The fraction of sp³-hybridized carbons (Fsp3) is 0.346. The van der Waals surface area contributed by atoms with E-state index in [0.29, 0.717) is 5.92 Å². The summed E-state index contributed by atoms with van der Waals surface area (Å²) < 4.78 is 8.03. The van der Waals surface area contributed by atoms with Crippen molar-refractivity contribution in [3.63, 3.8) is 0 Å². The van der Waals surface area contributed by atoms with Crippen molar-refractivity contribution in [2.24, 2.45) is 0 Å². The second kappa shape index (κ2) is 10.6. The zero-order valence-electron chi connectivity index (χ0n) is 19.0. The van der Waals surface area contributed by atoms with Gasteiger partial charge in [0.1, 0.15) is 0 Å². The predicted octanol–water partition coefficient (Wildman–Crippen LogP) is 0.634. The van der Waals surface area contributed by atoms with Crippen molar-refractivity contribution in [1.29, 1.82) is 0 Å². The van der Waals surface area contributed by atoms with Crippen molar-refractivity contribution >= 4 is 23.2 Å². The summed E-state index contributed by atoms with van der Waals surface area (Å²) in [5.74, 6) is 0.446. The Morgan fingerprint density at radius 2 is 1.68 bits per heavy atom. The van der Waals surface area contributed by atoms with Crippen LogP contribution >= 0.6 is 0 Å². The van der Waals surface area contributed by atoms with Crippen molar-refractivity contribution in [1.82, 2.24) is 0 Å². The van der Waals surface area contributed by atoms with E-state index in [-0.39, 0.29) is 27.9 Å². The number of hydrogen-bond donors (Lipinski definition) is 0. The molecule has 2 unspecified atom stereocenters. The monoisotopic (exact) mass is 547 g/mol. The van der Waals surface area contributed by atoms with Gasteiger partial charge in [-0.3, -0.25) is 0 Å². The SMILES string of the molecule is C[C](C)=[Zr+2][C]1(C2C=C(CCO[Si](C)(C)C)c3ccccc32)C=Cc2ccccc21.[Cl-].[Cl-]. The minimum Gasteiger partial charge on any atom is -1.00 e. The first-order chi connectivity index (χ1) is 13.8. The Morgan fingerprint density at radius 3 is 2.39 bits per heavy atom. The third-order valence-corrected chi connectivity index (χ3v) is 10.9. The van der Waals surface area contributed by atoms with Crippen LogP contribution in [0.25, 0.3) is 11.6 Å². The molecule has 0 bridgehead atoms. The van der Waals surface area contributed by atoms with E-state index in [2.05, 4.69) is 100 Å². The summed E-state index contributed by atoms with van der Waals surface area (Å²) in [7, 11) is -1.48. The van der Waals surface area contributed by atoms with E-state index >= 15 is 0 Å². The Bertz CT molecular complexity index is 1020. The molecule has 5 heteroatoms. The van der Waals surface area contributed by atoms with Gasteiger partial charge >= 0.3 is 189 Å². The largest absolute Gasteiger partial charge is 1.00 e. The molecule has 2 atom stereocenters. The van der Waals surface area contributed by atoms with Crippen molar-refractivity contribution in [2.45, 2.75) is 49.0 Å². The third-order valence-electron chi connectivity index (χ3n) is 5.80. The molecule has 4 rings (SSSR count). The van der Waals surface area contributed by atoms with Crippen molar-refractivity contribution in [3.8, 4) is 0 Å². The molecule has 163 valence electrons. The van der Waals surface area contributed by atoms with Gasteiger partial charge in [0.25, 0.3) is 0 Å². The van der Waals surface area contributed by atoms with Crippen LogP contribution in [0.5, 0.6) is 0 Å². The van der Waals surface area contributed by atoms with Crippen LogP contribution in [-0.2, 0) is 30.3 Å². The van der Waals surface area contributed by atoms with Crippen LogP contribution in [0.15, 0.2) is 60.7 Å². The van der Waals surface area contributed by atoms with Crippen LogP contribution in [0, 0.1) is 0 Å². The number of rotatable bonds is 6. The van der Waals surface area contributed by atoms with E-state index in [4.69, 9.17) is 4.43 Å². The van der Waals surface area contributed by atoms with E-state index in [0.717, 1.165) is 13.0 Å². The molecule has 2 aliphatic carbocycles. The van der Waals surface area contributed by atoms with Gasteiger partial charge in [-0.25, -0.2) is 0 Å². The fourth-order valence-corrected chi connectivity index (χ4v) is 9.72.